The molecule has 0 bridgehead atoms. The Labute approximate surface area is 235 Å². The van der Waals surface area contributed by atoms with Gasteiger partial charge in [0.15, 0.2) is 0 Å². The quantitative estimate of drug-likeness (QED) is 0.212. The van der Waals surface area contributed by atoms with Crippen LogP contribution in [0.15, 0.2) is 140 Å². The van der Waals surface area contributed by atoms with Gasteiger partial charge in [0.05, 0.1) is 22.2 Å². The largest absolute Gasteiger partial charge is 0.277 e. The van der Waals surface area contributed by atoms with Crippen LogP contribution in [-0.2, 0) is 0 Å². The van der Waals surface area contributed by atoms with Crippen molar-refractivity contribution in [1.29, 1.82) is 0 Å². The second kappa shape index (κ2) is 8.48. The zero-order valence-corrected chi connectivity index (χ0v) is 22.1. The molecule has 190 valence electrons. The number of benzene rings is 7. The van der Waals surface area contributed by atoms with Crippen molar-refractivity contribution in [3.63, 3.8) is 0 Å². The lowest BCUT2D eigenvalue weighted by Gasteiger charge is -2.15. The number of aromatic nitrogens is 3. The maximum Gasteiger partial charge on any atom is 0.235 e. The van der Waals surface area contributed by atoms with Crippen LogP contribution < -0.4 is 0 Å². The van der Waals surface area contributed by atoms with E-state index in [9.17, 15) is 0 Å². The van der Waals surface area contributed by atoms with Gasteiger partial charge in [0.1, 0.15) is 0 Å². The van der Waals surface area contributed by atoms with E-state index in [2.05, 4.69) is 144 Å². The predicted octanol–water partition coefficient (Wildman–Crippen LogP) is 9.85. The van der Waals surface area contributed by atoms with Crippen molar-refractivity contribution in [2.45, 2.75) is 0 Å². The normalized spacial score (nSPS) is 11.9. The Bertz CT molecular complexity index is 2480. The van der Waals surface area contributed by atoms with Crippen molar-refractivity contribution in [2.24, 2.45) is 0 Å². The van der Waals surface area contributed by atoms with Gasteiger partial charge in [0, 0.05) is 32.5 Å². The molecule has 9 rings (SSSR count). The molecule has 3 heteroatoms. The highest BCUT2D eigenvalue weighted by atomic mass is 15.2. The SMILES string of the molecule is c1ccc2c(-c3nc(-n4c5ccccc5c5ccc6ccccc6c54)nc4c3ccc3ccccc34)cccc2c1. The van der Waals surface area contributed by atoms with Gasteiger partial charge in [-0.05, 0) is 33.7 Å². The lowest BCUT2D eigenvalue weighted by molar-refractivity contribution is 1.02. The van der Waals surface area contributed by atoms with Crippen LogP contribution in [0.1, 0.15) is 0 Å². The number of nitrogens with zero attached hydrogens (tertiary/aromatic N) is 3. The molecule has 2 aromatic heterocycles. The van der Waals surface area contributed by atoms with Gasteiger partial charge in [-0.15, -0.1) is 0 Å². The molecule has 41 heavy (non-hydrogen) atoms. The summed E-state index contributed by atoms with van der Waals surface area (Å²) < 4.78 is 2.27. The van der Waals surface area contributed by atoms with E-state index in [0.717, 1.165) is 38.6 Å². The molecule has 0 aliphatic carbocycles. The first-order valence-corrected chi connectivity index (χ1v) is 13.9. The van der Waals surface area contributed by atoms with Crippen LogP contribution >= 0.6 is 0 Å². The molecule has 0 amide bonds. The monoisotopic (exact) mass is 521 g/mol. The highest BCUT2D eigenvalue weighted by molar-refractivity contribution is 6.19. The standard InChI is InChI=1S/C38H23N3/c1-4-14-27-24(10-1)13-9-18-31(27)36-33-23-21-25-11-2-5-15-28(25)35(33)39-38(40-36)41-34-19-8-7-17-30(34)32-22-20-26-12-3-6-16-29(26)37(32)41/h1-23H. The number of para-hydroxylation sites is 1. The first-order valence-electron chi connectivity index (χ1n) is 13.9. The molecule has 0 aliphatic heterocycles. The van der Waals surface area contributed by atoms with Crippen molar-refractivity contribution in [3.8, 4) is 17.2 Å². The van der Waals surface area contributed by atoms with Crippen LogP contribution in [0.3, 0.4) is 0 Å². The molecule has 0 spiro atoms. The molecular formula is C38H23N3. The minimum absolute atomic E-state index is 0.680. The number of fused-ring (bicyclic) bond motifs is 9. The lowest BCUT2D eigenvalue weighted by Crippen LogP contribution is -2.04. The van der Waals surface area contributed by atoms with Crippen molar-refractivity contribution < 1.29 is 0 Å². The summed E-state index contributed by atoms with van der Waals surface area (Å²) in [5, 5.41) is 10.5. The number of rotatable bonds is 2. The molecule has 7 aromatic carbocycles. The Morgan fingerprint density at radius 2 is 0.976 bits per heavy atom. The molecule has 0 saturated carbocycles. The summed E-state index contributed by atoms with van der Waals surface area (Å²) >= 11 is 0. The number of hydrogen-bond acceptors (Lipinski definition) is 2. The molecular weight excluding hydrogens is 498 g/mol. The minimum atomic E-state index is 0.680. The molecule has 0 atom stereocenters. The third-order valence-corrected chi connectivity index (χ3v) is 8.38. The maximum atomic E-state index is 5.43. The Balaban J connectivity index is 1.50. The average molecular weight is 522 g/mol. The second-order valence-corrected chi connectivity index (χ2v) is 10.6. The average Bonchev–Trinajstić information content (AvgIpc) is 3.39. The fourth-order valence-corrected chi connectivity index (χ4v) is 6.53. The summed E-state index contributed by atoms with van der Waals surface area (Å²) in [6.07, 6.45) is 0. The third-order valence-electron chi connectivity index (χ3n) is 8.38. The maximum absolute atomic E-state index is 5.43. The van der Waals surface area contributed by atoms with E-state index < -0.39 is 0 Å². The molecule has 0 aliphatic rings. The smallest absolute Gasteiger partial charge is 0.235 e. The topological polar surface area (TPSA) is 30.7 Å². The summed E-state index contributed by atoms with van der Waals surface area (Å²) in [6.45, 7) is 0. The predicted molar refractivity (Wildman–Crippen MR) is 172 cm³/mol. The van der Waals surface area contributed by atoms with E-state index in [1.165, 1.54) is 37.7 Å². The van der Waals surface area contributed by atoms with Crippen LogP contribution in [-0.4, -0.2) is 14.5 Å². The molecule has 0 radical (unpaired) electrons. The van der Waals surface area contributed by atoms with Gasteiger partial charge in [-0.3, -0.25) is 4.57 Å². The fourth-order valence-electron chi connectivity index (χ4n) is 6.53. The molecule has 0 saturated heterocycles. The van der Waals surface area contributed by atoms with Gasteiger partial charge < -0.3 is 0 Å². The van der Waals surface area contributed by atoms with Crippen LogP contribution in [0.5, 0.6) is 0 Å². The number of hydrogen-bond donors (Lipinski definition) is 0. The Kier molecular flexibility index (Phi) is 4.61. The van der Waals surface area contributed by atoms with E-state index in [0.29, 0.717) is 5.95 Å². The molecule has 3 nitrogen and oxygen atoms in total. The first-order chi connectivity index (χ1) is 20.3. The van der Waals surface area contributed by atoms with Crippen LogP contribution in [0, 0.1) is 0 Å². The van der Waals surface area contributed by atoms with E-state index in [-0.39, 0.29) is 0 Å². The van der Waals surface area contributed by atoms with E-state index >= 15 is 0 Å². The van der Waals surface area contributed by atoms with Gasteiger partial charge in [0.25, 0.3) is 0 Å². The summed E-state index contributed by atoms with van der Waals surface area (Å²) in [5.41, 5.74) is 5.24. The highest BCUT2D eigenvalue weighted by Crippen LogP contribution is 2.39. The highest BCUT2D eigenvalue weighted by Gasteiger charge is 2.20. The third kappa shape index (κ3) is 3.20. The fraction of sp³-hybridized carbons (Fsp3) is 0. The van der Waals surface area contributed by atoms with Crippen LogP contribution in [0.4, 0.5) is 0 Å². The van der Waals surface area contributed by atoms with Crippen LogP contribution in [0.25, 0.3) is 82.2 Å². The summed E-state index contributed by atoms with van der Waals surface area (Å²) in [5.74, 6) is 0.680. The van der Waals surface area contributed by atoms with Gasteiger partial charge in [0.2, 0.25) is 5.95 Å². The van der Waals surface area contributed by atoms with Crippen molar-refractivity contribution >= 4 is 65.0 Å². The molecule has 0 fully saturated rings. The Morgan fingerprint density at radius 3 is 1.78 bits per heavy atom. The molecule has 0 unspecified atom stereocenters. The van der Waals surface area contributed by atoms with Gasteiger partial charge in [-0.1, -0.05) is 127 Å². The summed E-state index contributed by atoms with van der Waals surface area (Å²) in [6, 6.07) is 49.5. The van der Waals surface area contributed by atoms with E-state index in [1.54, 1.807) is 0 Å². The zero-order valence-electron chi connectivity index (χ0n) is 22.1. The zero-order chi connectivity index (χ0) is 26.9. The van der Waals surface area contributed by atoms with Gasteiger partial charge >= 0.3 is 0 Å². The van der Waals surface area contributed by atoms with E-state index in [1.807, 2.05) is 0 Å². The van der Waals surface area contributed by atoms with E-state index in [4.69, 9.17) is 9.97 Å². The first kappa shape index (κ1) is 22.3. The molecule has 2 heterocycles. The Hall–Kier alpha value is -5.54. The minimum Gasteiger partial charge on any atom is -0.277 e. The van der Waals surface area contributed by atoms with Crippen molar-refractivity contribution in [2.75, 3.05) is 0 Å². The summed E-state index contributed by atoms with van der Waals surface area (Å²) in [4.78, 5) is 10.8. The lowest BCUT2D eigenvalue weighted by atomic mass is 9.98. The molecule has 0 N–H and O–H groups in total. The Morgan fingerprint density at radius 1 is 0.390 bits per heavy atom. The van der Waals surface area contributed by atoms with Gasteiger partial charge in [-0.25, -0.2) is 9.97 Å². The van der Waals surface area contributed by atoms with Crippen molar-refractivity contribution in [3.05, 3.63) is 140 Å². The van der Waals surface area contributed by atoms with Crippen LogP contribution in [0.2, 0.25) is 0 Å². The van der Waals surface area contributed by atoms with Crippen molar-refractivity contribution in [1.82, 2.24) is 14.5 Å². The second-order valence-electron chi connectivity index (χ2n) is 10.6. The van der Waals surface area contributed by atoms with Gasteiger partial charge in [-0.2, -0.15) is 0 Å². The molecule has 9 aromatic rings. The summed E-state index contributed by atoms with van der Waals surface area (Å²) in [7, 11) is 0.